The lowest BCUT2D eigenvalue weighted by Gasteiger charge is -2.19. The molecule has 118 valence electrons. The van der Waals surface area contributed by atoms with E-state index in [1.807, 2.05) is 43.0 Å². The molecule has 1 aliphatic rings. The van der Waals surface area contributed by atoms with Crippen LogP contribution in [0.3, 0.4) is 0 Å². The zero-order valence-corrected chi connectivity index (χ0v) is 13.8. The van der Waals surface area contributed by atoms with Crippen LogP contribution in [0.4, 0.5) is 5.69 Å². The molecule has 0 aromatic heterocycles. The van der Waals surface area contributed by atoms with Crippen LogP contribution in [0.1, 0.15) is 34.0 Å². The van der Waals surface area contributed by atoms with E-state index in [1.165, 1.54) is 11.1 Å². The lowest BCUT2D eigenvalue weighted by Crippen LogP contribution is -2.29. The van der Waals surface area contributed by atoms with Crippen molar-refractivity contribution in [1.82, 2.24) is 0 Å². The number of hydrogen-bond donors (Lipinski definition) is 0. The predicted molar refractivity (Wildman–Crippen MR) is 94.3 cm³/mol. The molecule has 23 heavy (non-hydrogen) atoms. The van der Waals surface area contributed by atoms with Gasteiger partial charge in [-0.15, -0.1) is 0 Å². The minimum atomic E-state index is 0.0580. The average Bonchev–Trinajstić information content (AvgIpc) is 2.97. The molecule has 2 aromatic carbocycles. The van der Waals surface area contributed by atoms with Crippen LogP contribution in [-0.4, -0.2) is 19.6 Å². The number of anilines is 1. The van der Waals surface area contributed by atoms with Crippen molar-refractivity contribution in [2.24, 2.45) is 0 Å². The van der Waals surface area contributed by atoms with E-state index in [0.717, 1.165) is 35.5 Å². The number of carbonyl (C=O) groups is 1. The summed E-state index contributed by atoms with van der Waals surface area (Å²) in [6.45, 7) is 4.69. The Bertz CT molecular complexity index is 777. The van der Waals surface area contributed by atoms with Crippen LogP contribution in [0.2, 0.25) is 0 Å². The molecular weight excluding hydrogens is 286 g/mol. The highest BCUT2D eigenvalue weighted by Crippen LogP contribution is 2.31. The Labute approximate surface area is 137 Å². The minimum absolute atomic E-state index is 0.0580. The van der Waals surface area contributed by atoms with Crippen molar-refractivity contribution >= 4 is 17.7 Å². The van der Waals surface area contributed by atoms with Gasteiger partial charge in [0, 0.05) is 17.8 Å². The van der Waals surface area contributed by atoms with Gasteiger partial charge < -0.3 is 9.64 Å². The molecule has 0 N–H and O–H groups in total. The van der Waals surface area contributed by atoms with E-state index < -0.39 is 0 Å². The minimum Gasteiger partial charge on any atom is -0.497 e. The first-order valence-corrected chi connectivity index (χ1v) is 7.86. The summed E-state index contributed by atoms with van der Waals surface area (Å²) in [6.07, 6.45) is 5.01. The Morgan fingerprint density at radius 3 is 2.74 bits per heavy atom. The van der Waals surface area contributed by atoms with Crippen LogP contribution >= 0.6 is 0 Å². The number of rotatable bonds is 3. The normalized spacial score (nSPS) is 13.4. The maximum absolute atomic E-state index is 12.9. The topological polar surface area (TPSA) is 29.5 Å². The summed E-state index contributed by atoms with van der Waals surface area (Å²) >= 11 is 0. The highest BCUT2D eigenvalue weighted by molar-refractivity contribution is 6.08. The van der Waals surface area contributed by atoms with Crippen molar-refractivity contribution in [1.29, 1.82) is 0 Å². The molecule has 3 rings (SSSR count). The van der Waals surface area contributed by atoms with Crippen LogP contribution in [-0.2, 0) is 6.42 Å². The fourth-order valence-electron chi connectivity index (χ4n) is 3.08. The fraction of sp³-hybridized carbons (Fsp3) is 0.250. The van der Waals surface area contributed by atoms with E-state index in [4.69, 9.17) is 4.74 Å². The molecule has 0 saturated heterocycles. The molecular formula is C20H21NO2. The quantitative estimate of drug-likeness (QED) is 0.849. The summed E-state index contributed by atoms with van der Waals surface area (Å²) in [5.41, 5.74) is 5.12. The van der Waals surface area contributed by atoms with Gasteiger partial charge in [-0.3, -0.25) is 4.79 Å². The van der Waals surface area contributed by atoms with E-state index >= 15 is 0 Å². The summed E-state index contributed by atoms with van der Waals surface area (Å²) in [5, 5.41) is 0. The maximum atomic E-state index is 12.9. The second-order valence-electron chi connectivity index (χ2n) is 5.78. The predicted octanol–water partition coefficient (Wildman–Crippen LogP) is 4.24. The first-order valence-electron chi connectivity index (χ1n) is 7.86. The molecule has 0 unspecified atom stereocenters. The van der Waals surface area contributed by atoms with Gasteiger partial charge in [-0.2, -0.15) is 0 Å². The summed E-state index contributed by atoms with van der Waals surface area (Å²) in [4.78, 5) is 14.8. The van der Waals surface area contributed by atoms with Gasteiger partial charge in [0.1, 0.15) is 5.75 Å². The molecule has 0 saturated carbocycles. The third kappa shape index (κ3) is 2.87. The number of benzene rings is 2. The molecule has 3 nitrogen and oxygen atoms in total. The summed E-state index contributed by atoms with van der Waals surface area (Å²) < 4.78 is 5.22. The average molecular weight is 307 g/mol. The number of amides is 1. The van der Waals surface area contributed by atoms with Gasteiger partial charge in [0.2, 0.25) is 0 Å². The number of hydrogen-bond acceptors (Lipinski definition) is 2. The molecule has 0 radical (unpaired) electrons. The standard InChI is InChI=1S/C20H21NO2/c1-4-5-15-6-9-19-16(13-15)10-11-21(19)20(22)18-8-7-17(23-3)12-14(18)2/h4-9,12-13H,10-11H2,1-3H3. The van der Waals surface area contributed by atoms with Gasteiger partial charge >= 0.3 is 0 Å². The van der Waals surface area contributed by atoms with Crippen molar-refractivity contribution < 1.29 is 9.53 Å². The lowest BCUT2D eigenvalue weighted by atomic mass is 10.1. The summed E-state index contributed by atoms with van der Waals surface area (Å²) in [5.74, 6) is 0.833. The monoisotopic (exact) mass is 307 g/mol. The van der Waals surface area contributed by atoms with Gasteiger partial charge in [0.15, 0.2) is 0 Å². The van der Waals surface area contributed by atoms with Crippen molar-refractivity contribution in [2.75, 3.05) is 18.6 Å². The van der Waals surface area contributed by atoms with Crippen LogP contribution in [0.5, 0.6) is 5.75 Å². The van der Waals surface area contributed by atoms with Crippen molar-refractivity contribution in [3.05, 3.63) is 64.7 Å². The van der Waals surface area contributed by atoms with E-state index in [9.17, 15) is 4.79 Å². The summed E-state index contributed by atoms with van der Waals surface area (Å²) in [7, 11) is 1.63. The number of aryl methyl sites for hydroxylation is 1. The third-order valence-corrected chi connectivity index (χ3v) is 4.27. The molecule has 0 spiro atoms. The Morgan fingerprint density at radius 1 is 1.22 bits per heavy atom. The number of allylic oxidation sites excluding steroid dienone is 1. The van der Waals surface area contributed by atoms with Crippen LogP contribution < -0.4 is 9.64 Å². The lowest BCUT2D eigenvalue weighted by molar-refractivity contribution is 0.0989. The van der Waals surface area contributed by atoms with Gasteiger partial charge in [-0.25, -0.2) is 0 Å². The molecule has 0 fully saturated rings. The number of ether oxygens (including phenoxy) is 1. The first kappa shape index (κ1) is 15.3. The highest BCUT2D eigenvalue weighted by Gasteiger charge is 2.26. The molecule has 2 aromatic rings. The molecule has 3 heteroatoms. The molecule has 1 heterocycles. The Hall–Kier alpha value is -2.55. The Kier molecular flexibility index (Phi) is 4.20. The number of nitrogens with zero attached hydrogens (tertiary/aromatic N) is 1. The number of carbonyl (C=O) groups excluding carboxylic acids is 1. The van der Waals surface area contributed by atoms with Crippen molar-refractivity contribution in [3.63, 3.8) is 0 Å². The fourth-order valence-corrected chi connectivity index (χ4v) is 3.08. The Morgan fingerprint density at radius 2 is 2.04 bits per heavy atom. The van der Waals surface area contributed by atoms with E-state index in [-0.39, 0.29) is 5.91 Å². The van der Waals surface area contributed by atoms with Gasteiger partial charge in [0.25, 0.3) is 5.91 Å². The van der Waals surface area contributed by atoms with Crippen molar-refractivity contribution in [2.45, 2.75) is 20.3 Å². The number of fused-ring (bicyclic) bond motifs is 1. The van der Waals surface area contributed by atoms with Gasteiger partial charge in [0.05, 0.1) is 7.11 Å². The Balaban J connectivity index is 1.91. The largest absolute Gasteiger partial charge is 0.497 e. The second-order valence-corrected chi connectivity index (χ2v) is 5.78. The summed E-state index contributed by atoms with van der Waals surface area (Å²) in [6, 6.07) is 11.9. The van der Waals surface area contributed by atoms with E-state index in [0.29, 0.717) is 0 Å². The second kappa shape index (κ2) is 6.29. The molecule has 1 amide bonds. The smallest absolute Gasteiger partial charge is 0.258 e. The molecule has 0 bridgehead atoms. The van der Waals surface area contributed by atoms with Crippen LogP contribution in [0.15, 0.2) is 42.5 Å². The van der Waals surface area contributed by atoms with Gasteiger partial charge in [-0.1, -0.05) is 18.2 Å². The van der Waals surface area contributed by atoms with E-state index in [2.05, 4.69) is 24.3 Å². The van der Waals surface area contributed by atoms with Gasteiger partial charge in [-0.05, 0) is 67.3 Å². The first-order chi connectivity index (χ1) is 11.1. The molecule has 0 aliphatic carbocycles. The molecule has 0 atom stereocenters. The SMILES string of the molecule is CC=Cc1ccc2c(c1)CCN2C(=O)c1ccc(OC)cc1C. The maximum Gasteiger partial charge on any atom is 0.258 e. The van der Waals surface area contributed by atoms with Crippen LogP contribution in [0, 0.1) is 6.92 Å². The molecule has 1 aliphatic heterocycles. The highest BCUT2D eigenvalue weighted by atomic mass is 16.5. The number of methoxy groups -OCH3 is 1. The van der Waals surface area contributed by atoms with Crippen molar-refractivity contribution in [3.8, 4) is 5.75 Å². The zero-order valence-electron chi connectivity index (χ0n) is 13.8. The zero-order chi connectivity index (χ0) is 16.4. The van der Waals surface area contributed by atoms with E-state index in [1.54, 1.807) is 7.11 Å². The third-order valence-electron chi connectivity index (χ3n) is 4.27. The van der Waals surface area contributed by atoms with Crippen LogP contribution in [0.25, 0.3) is 6.08 Å².